The van der Waals surface area contributed by atoms with Crippen LogP contribution in [0.2, 0.25) is 0 Å². The molecule has 0 amide bonds. The molecule has 2 aliphatic rings. The van der Waals surface area contributed by atoms with Gasteiger partial charge in [0.2, 0.25) is 5.78 Å². The standard InChI is InChI=1S/C21H21NO4/c1-25-18-7-3-2-6-14(18)12-19-20(24)15-8-9-17(23)16(21(15)26-19)13-22-10-4-5-11-22/h2-3,6-9,12,23H,4-5,10-11,13H2,1H3. The summed E-state index contributed by atoms with van der Waals surface area (Å²) in [6.45, 7) is 2.72. The molecular weight excluding hydrogens is 330 g/mol. The summed E-state index contributed by atoms with van der Waals surface area (Å²) in [6.07, 6.45) is 4.03. The number of hydrogen-bond acceptors (Lipinski definition) is 4. The number of nitrogens with one attached hydrogen (secondary N) is 1. The van der Waals surface area contributed by atoms with Gasteiger partial charge in [0, 0.05) is 24.0 Å². The summed E-state index contributed by atoms with van der Waals surface area (Å²) in [6, 6.07) is 10.5. The highest BCUT2D eigenvalue weighted by atomic mass is 16.5. The van der Waals surface area contributed by atoms with E-state index in [2.05, 4.69) is 0 Å². The van der Waals surface area contributed by atoms with Crippen molar-refractivity contribution >= 4 is 11.9 Å². The van der Waals surface area contributed by atoms with Crippen LogP contribution in [0.3, 0.4) is 0 Å². The van der Waals surface area contributed by atoms with Crippen molar-refractivity contribution in [1.82, 2.24) is 0 Å². The molecule has 0 unspecified atom stereocenters. The highest BCUT2D eigenvalue weighted by Crippen LogP contribution is 2.38. The molecular formula is C21H21NO4. The van der Waals surface area contributed by atoms with Crippen LogP contribution < -0.4 is 19.5 Å². The molecule has 0 aromatic heterocycles. The number of para-hydroxylation sites is 1. The first-order valence-corrected chi connectivity index (χ1v) is 8.91. The molecule has 5 heteroatoms. The molecule has 1 fully saturated rings. The van der Waals surface area contributed by atoms with Crippen molar-refractivity contribution in [2.75, 3.05) is 20.2 Å². The molecule has 0 aliphatic carbocycles. The Morgan fingerprint density at radius 3 is 2.73 bits per heavy atom. The summed E-state index contributed by atoms with van der Waals surface area (Å²) in [5, 5.41) is 12.4. The number of allylic oxidation sites excluding steroid dienone is 1. The number of ketones is 1. The van der Waals surface area contributed by atoms with Crippen LogP contribution in [0.1, 0.15) is 34.3 Å². The lowest BCUT2D eigenvalue weighted by Crippen LogP contribution is -3.08. The van der Waals surface area contributed by atoms with Gasteiger partial charge < -0.3 is 19.5 Å². The number of hydrogen-bond donors (Lipinski definition) is 1. The Labute approximate surface area is 152 Å². The fourth-order valence-electron chi connectivity index (χ4n) is 3.69. The lowest BCUT2D eigenvalue weighted by Gasteiger charge is -2.19. The molecule has 0 saturated carbocycles. The van der Waals surface area contributed by atoms with Crippen molar-refractivity contribution in [3.8, 4) is 17.2 Å². The molecule has 0 bridgehead atoms. The third-order valence-electron chi connectivity index (χ3n) is 5.06. The largest absolute Gasteiger partial charge is 0.872 e. The smallest absolute Gasteiger partial charge is 0.231 e. The zero-order chi connectivity index (χ0) is 18.1. The maximum absolute atomic E-state index is 12.8. The predicted molar refractivity (Wildman–Crippen MR) is 95.5 cm³/mol. The third kappa shape index (κ3) is 2.95. The Kier molecular flexibility index (Phi) is 4.39. The number of benzene rings is 2. The van der Waals surface area contributed by atoms with Gasteiger partial charge in [0.25, 0.3) is 0 Å². The summed E-state index contributed by atoms with van der Waals surface area (Å²) in [7, 11) is 1.59. The maximum atomic E-state index is 12.8. The van der Waals surface area contributed by atoms with E-state index in [1.807, 2.05) is 24.3 Å². The van der Waals surface area contributed by atoms with E-state index >= 15 is 0 Å². The predicted octanol–water partition coefficient (Wildman–Crippen LogP) is 1.56. The number of carbonyl (C=O) groups excluding carboxylic acids is 1. The first kappa shape index (κ1) is 16.7. The normalized spacial score (nSPS) is 18.2. The molecule has 0 atom stereocenters. The molecule has 0 radical (unpaired) electrons. The van der Waals surface area contributed by atoms with Crippen molar-refractivity contribution in [2.24, 2.45) is 0 Å². The van der Waals surface area contributed by atoms with Gasteiger partial charge in [-0.1, -0.05) is 30.0 Å². The van der Waals surface area contributed by atoms with E-state index in [1.165, 1.54) is 23.8 Å². The quantitative estimate of drug-likeness (QED) is 0.850. The highest BCUT2D eigenvalue weighted by molar-refractivity contribution is 6.15. The van der Waals surface area contributed by atoms with Gasteiger partial charge in [-0.25, -0.2) is 0 Å². The summed E-state index contributed by atoms with van der Waals surface area (Å²) in [5.74, 6) is 1.08. The molecule has 2 aromatic rings. The van der Waals surface area contributed by atoms with Gasteiger partial charge in [0.05, 0.1) is 25.8 Å². The fraction of sp³-hybridized carbons (Fsp3) is 0.286. The van der Waals surface area contributed by atoms with Crippen LogP contribution in [0.15, 0.2) is 42.2 Å². The number of quaternary nitrogens is 1. The van der Waals surface area contributed by atoms with Crippen LogP contribution in [0.5, 0.6) is 17.2 Å². The molecule has 134 valence electrons. The van der Waals surface area contributed by atoms with E-state index in [-0.39, 0.29) is 17.3 Å². The van der Waals surface area contributed by atoms with Crippen LogP contribution in [0, 0.1) is 0 Å². The monoisotopic (exact) mass is 351 g/mol. The summed E-state index contributed by atoms with van der Waals surface area (Å²) in [4.78, 5) is 14.1. The third-order valence-corrected chi connectivity index (χ3v) is 5.06. The topological polar surface area (TPSA) is 63.0 Å². The number of ether oxygens (including phenoxy) is 2. The Hall–Kier alpha value is -2.79. The second kappa shape index (κ2) is 6.84. The molecule has 2 aromatic carbocycles. The van der Waals surface area contributed by atoms with Crippen LogP contribution in [-0.2, 0) is 6.54 Å². The number of methoxy groups -OCH3 is 1. The van der Waals surface area contributed by atoms with E-state index in [4.69, 9.17) is 9.47 Å². The maximum Gasteiger partial charge on any atom is 0.231 e. The van der Waals surface area contributed by atoms with Gasteiger partial charge in [-0.3, -0.25) is 4.79 Å². The van der Waals surface area contributed by atoms with E-state index in [9.17, 15) is 9.90 Å². The van der Waals surface area contributed by atoms with E-state index < -0.39 is 0 Å². The second-order valence-corrected chi connectivity index (χ2v) is 6.73. The van der Waals surface area contributed by atoms with Crippen LogP contribution >= 0.6 is 0 Å². The summed E-state index contributed by atoms with van der Waals surface area (Å²) < 4.78 is 11.2. The van der Waals surface area contributed by atoms with Crippen molar-refractivity contribution in [3.63, 3.8) is 0 Å². The molecule has 4 rings (SSSR count). The molecule has 2 heterocycles. The summed E-state index contributed by atoms with van der Waals surface area (Å²) >= 11 is 0. The number of fused-ring (bicyclic) bond motifs is 1. The molecule has 1 N–H and O–H groups in total. The number of rotatable bonds is 4. The van der Waals surface area contributed by atoms with Crippen molar-refractivity contribution in [3.05, 3.63) is 58.8 Å². The number of carbonyl (C=O) groups is 1. The van der Waals surface area contributed by atoms with E-state index in [0.717, 1.165) is 18.7 Å². The van der Waals surface area contributed by atoms with E-state index in [1.54, 1.807) is 19.3 Å². The average molecular weight is 351 g/mol. The van der Waals surface area contributed by atoms with E-state index in [0.29, 0.717) is 29.2 Å². The minimum atomic E-state index is -0.191. The van der Waals surface area contributed by atoms with Crippen LogP contribution in [0.4, 0.5) is 0 Å². The lowest BCUT2D eigenvalue weighted by molar-refractivity contribution is -0.901. The van der Waals surface area contributed by atoms with Gasteiger partial charge >= 0.3 is 0 Å². The Morgan fingerprint density at radius 1 is 1.19 bits per heavy atom. The number of likely N-dealkylation sites (tertiary alicyclic amines) is 1. The van der Waals surface area contributed by atoms with Crippen molar-refractivity contribution < 1.29 is 24.3 Å². The van der Waals surface area contributed by atoms with Crippen LogP contribution in [0.25, 0.3) is 6.08 Å². The van der Waals surface area contributed by atoms with Gasteiger partial charge in [0.15, 0.2) is 5.76 Å². The summed E-state index contributed by atoms with van der Waals surface area (Å²) in [5.41, 5.74) is 1.84. The molecule has 5 nitrogen and oxygen atoms in total. The molecule has 2 aliphatic heterocycles. The zero-order valence-electron chi connectivity index (χ0n) is 14.7. The molecule has 26 heavy (non-hydrogen) atoms. The minimum absolute atomic E-state index is 0.0607. The van der Waals surface area contributed by atoms with Crippen molar-refractivity contribution in [1.29, 1.82) is 0 Å². The molecule has 1 saturated heterocycles. The van der Waals surface area contributed by atoms with Gasteiger partial charge in [0.1, 0.15) is 18.0 Å². The minimum Gasteiger partial charge on any atom is -0.872 e. The first-order valence-electron chi connectivity index (χ1n) is 8.91. The second-order valence-electron chi connectivity index (χ2n) is 6.73. The number of Topliss-reactive ketones (excluding diaryl/α,β-unsaturated/α-hetero) is 1. The Morgan fingerprint density at radius 2 is 1.96 bits per heavy atom. The Bertz CT molecular complexity index is 882. The zero-order valence-corrected chi connectivity index (χ0v) is 14.7. The van der Waals surface area contributed by atoms with Gasteiger partial charge in [-0.2, -0.15) is 0 Å². The molecule has 0 spiro atoms. The SMILES string of the molecule is COc1ccccc1C=C1Oc2c(ccc([O-])c2C[NH+]2CCCC2)C1=O. The van der Waals surface area contributed by atoms with Crippen LogP contribution in [-0.4, -0.2) is 26.0 Å². The Balaban J connectivity index is 1.69. The highest BCUT2D eigenvalue weighted by Gasteiger charge is 2.31. The fourth-order valence-corrected chi connectivity index (χ4v) is 3.69. The lowest BCUT2D eigenvalue weighted by atomic mass is 10.0. The average Bonchev–Trinajstić information content (AvgIpc) is 3.27. The van der Waals surface area contributed by atoms with Gasteiger partial charge in [-0.05, 0) is 18.2 Å². The van der Waals surface area contributed by atoms with Crippen molar-refractivity contribution in [2.45, 2.75) is 19.4 Å². The van der Waals surface area contributed by atoms with Gasteiger partial charge in [-0.15, -0.1) is 0 Å². The first-order chi connectivity index (χ1) is 12.7.